The number of phenols is 1. The maximum atomic E-state index is 13.5. The largest absolute Gasteiger partial charge is 0.508 e. The van der Waals surface area contributed by atoms with E-state index in [4.69, 9.17) is 0 Å². The number of amides is 1. The van der Waals surface area contributed by atoms with Gasteiger partial charge in [-0.3, -0.25) is 9.59 Å². The van der Waals surface area contributed by atoms with Crippen molar-refractivity contribution in [3.05, 3.63) is 65.5 Å². The number of halogens is 1. The van der Waals surface area contributed by atoms with Gasteiger partial charge in [-0.1, -0.05) is 24.3 Å². The Balaban J connectivity index is 1.76. The van der Waals surface area contributed by atoms with E-state index < -0.39 is 23.6 Å². The van der Waals surface area contributed by atoms with Gasteiger partial charge in [0, 0.05) is 19.0 Å². The van der Waals surface area contributed by atoms with Gasteiger partial charge in [0.2, 0.25) is 5.91 Å². The molecule has 1 aliphatic heterocycles. The number of carbonyl (C=O) groups excluding carboxylic acids is 1. The van der Waals surface area contributed by atoms with E-state index in [0.717, 1.165) is 5.56 Å². The summed E-state index contributed by atoms with van der Waals surface area (Å²) in [5, 5.41) is 18.8. The number of nitrogens with zero attached hydrogens (tertiary/aromatic N) is 1. The second-order valence-corrected chi connectivity index (χ2v) is 6.25. The molecule has 0 aromatic heterocycles. The monoisotopic (exact) mass is 343 g/mol. The minimum Gasteiger partial charge on any atom is -0.508 e. The van der Waals surface area contributed by atoms with Gasteiger partial charge in [-0.2, -0.15) is 0 Å². The first-order chi connectivity index (χ1) is 11.9. The molecule has 0 aliphatic carbocycles. The van der Waals surface area contributed by atoms with Crippen molar-refractivity contribution in [2.75, 3.05) is 13.1 Å². The van der Waals surface area contributed by atoms with Crippen LogP contribution < -0.4 is 0 Å². The van der Waals surface area contributed by atoms with Gasteiger partial charge in [0.15, 0.2) is 0 Å². The molecule has 0 spiro atoms. The Bertz CT molecular complexity index is 790. The van der Waals surface area contributed by atoms with Crippen LogP contribution in [-0.4, -0.2) is 40.1 Å². The zero-order valence-electron chi connectivity index (χ0n) is 13.4. The van der Waals surface area contributed by atoms with Crippen molar-refractivity contribution in [3.8, 4) is 5.75 Å². The van der Waals surface area contributed by atoms with E-state index in [9.17, 15) is 24.2 Å². The zero-order valence-corrected chi connectivity index (χ0v) is 13.4. The highest BCUT2D eigenvalue weighted by Crippen LogP contribution is 2.33. The van der Waals surface area contributed by atoms with Gasteiger partial charge in [-0.05, 0) is 35.4 Å². The highest BCUT2D eigenvalue weighted by atomic mass is 19.1. The summed E-state index contributed by atoms with van der Waals surface area (Å²) in [5.74, 6) is -2.67. The van der Waals surface area contributed by atoms with Gasteiger partial charge in [0.05, 0.1) is 12.3 Å². The van der Waals surface area contributed by atoms with Gasteiger partial charge in [0.25, 0.3) is 0 Å². The predicted octanol–water partition coefficient (Wildman–Crippen LogP) is 2.40. The summed E-state index contributed by atoms with van der Waals surface area (Å²) in [6.07, 6.45) is 0.127. The second-order valence-electron chi connectivity index (χ2n) is 6.25. The van der Waals surface area contributed by atoms with Gasteiger partial charge >= 0.3 is 5.97 Å². The van der Waals surface area contributed by atoms with Gasteiger partial charge in [0.1, 0.15) is 11.6 Å². The number of carboxylic acid groups (broad SMARTS) is 1. The van der Waals surface area contributed by atoms with Crippen LogP contribution in [0.25, 0.3) is 0 Å². The lowest BCUT2D eigenvalue weighted by atomic mass is 9.89. The molecule has 2 aromatic rings. The van der Waals surface area contributed by atoms with Gasteiger partial charge in [-0.25, -0.2) is 4.39 Å². The smallest absolute Gasteiger partial charge is 0.308 e. The highest BCUT2D eigenvalue weighted by molar-refractivity contribution is 5.81. The number of aliphatic carboxylic acids is 1. The number of carboxylic acids is 1. The number of rotatable bonds is 4. The number of benzene rings is 2. The fourth-order valence-electron chi connectivity index (χ4n) is 3.23. The fourth-order valence-corrected chi connectivity index (χ4v) is 3.23. The maximum Gasteiger partial charge on any atom is 0.308 e. The third kappa shape index (κ3) is 3.79. The van der Waals surface area contributed by atoms with Crippen molar-refractivity contribution in [1.29, 1.82) is 0 Å². The third-order valence-corrected chi connectivity index (χ3v) is 4.56. The van der Waals surface area contributed by atoms with Crippen molar-refractivity contribution in [2.45, 2.75) is 12.3 Å². The molecule has 1 saturated heterocycles. The van der Waals surface area contributed by atoms with Crippen molar-refractivity contribution in [1.82, 2.24) is 4.90 Å². The van der Waals surface area contributed by atoms with Crippen LogP contribution in [0.2, 0.25) is 0 Å². The molecule has 3 rings (SSSR count). The molecule has 5 nitrogen and oxygen atoms in total. The molecule has 6 heteroatoms. The molecule has 1 amide bonds. The minimum atomic E-state index is -0.991. The highest BCUT2D eigenvalue weighted by Gasteiger charge is 2.40. The summed E-state index contributed by atoms with van der Waals surface area (Å²) in [6.45, 7) is 0.352. The zero-order chi connectivity index (χ0) is 18.0. The van der Waals surface area contributed by atoms with Crippen LogP contribution in [0.5, 0.6) is 5.75 Å². The number of hydrogen-bond donors (Lipinski definition) is 2. The van der Waals surface area contributed by atoms with Crippen LogP contribution >= 0.6 is 0 Å². The summed E-state index contributed by atoms with van der Waals surface area (Å²) in [6, 6.07) is 12.2. The Hall–Kier alpha value is -2.89. The van der Waals surface area contributed by atoms with E-state index in [1.807, 2.05) is 0 Å². The van der Waals surface area contributed by atoms with E-state index in [2.05, 4.69) is 0 Å². The number of carbonyl (C=O) groups is 2. The van der Waals surface area contributed by atoms with Crippen LogP contribution in [0.15, 0.2) is 48.5 Å². The summed E-state index contributed by atoms with van der Waals surface area (Å²) < 4.78 is 13.5. The molecule has 0 unspecified atom stereocenters. The van der Waals surface area contributed by atoms with Crippen molar-refractivity contribution in [3.63, 3.8) is 0 Å². The van der Waals surface area contributed by atoms with E-state index in [-0.39, 0.29) is 31.2 Å². The first-order valence-corrected chi connectivity index (χ1v) is 7.98. The lowest BCUT2D eigenvalue weighted by Gasteiger charge is -2.16. The standard InChI is InChI=1S/C19H18FNO4/c20-14-3-1-2-13(9-14)16-10-21(11-17(16)19(24)25)18(23)8-12-4-6-15(22)7-5-12/h1-7,9,16-17,22H,8,10-11H2,(H,24,25)/t16-,17+/m0/s1. The molecule has 130 valence electrons. The Morgan fingerprint density at radius 1 is 1.12 bits per heavy atom. The minimum absolute atomic E-state index is 0.105. The molecular formula is C19H18FNO4. The van der Waals surface area contributed by atoms with Gasteiger partial charge in [-0.15, -0.1) is 0 Å². The predicted molar refractivity (Wildman–Crippen MR) is 88.7 cm³/mol. The Labute approximate surface area is 144 Å². The number of hydrogen-bond acceptors (Lipinski definition) is 3. The maximum absolute atomic E-state index is 13.5. The Morgan fingerprint density at radius 3 is 2.48 bits per heavy atom. The third-order valence-electron chi connectivity index (χ3n) is 4.56. The molecular weight excluding hydrogens is 325 g/mol. The summed E-state index contributed by atoms with van der Waals surface area (Å²) in [7, 11) is 0. The number of phenolic OH excluding ortho intramolecular Hbond substituents is 1. The topological polar surface area (TPSA) is 77.8 Å². The molecule has 0 saturated carbocycles. The van der Waals surface area contributed by atoms with Crippen molar-refractivity contribution >= 4 is 11.9 Å². The normalized spacial score (nSPS) is 19.8. The summed E-state index contributed by atoms with van der Waals surface area (Å²) in [5.41, 5.74) is 1.33. The van der Waals surface area contributed by atoms with E-state index in [1.165, 1.54) is 29.2 Å². The lowest BCUT2D eigenvalue weighted by molar-refractivity contribution is -0.141. The first-order valence-electron chi connectivity index (χ1n) is 7.98. The molecule has 2 atom stereocenters. The summed E-state index contributed by atoms with van der Waals surface area (Å²) >= 11 is 0. The number of likely N-dealkylation sites (tertiary alicyclic amines) is 1. The van der Waals surface area contributed by atoms with E-state index in [0.29, 0.717) is 5.56 Å². The van der Waals surface area contributed by atoms with Crippen LogP contribution in [0.3, 0.4) is 0 Å². The van der Waals surface area contributed by atoms with E-state index in [1.54, 1.807) is 24.3 Å². The Kier molecular flexibility index (Phi) is 4.70. The quantitative estimate of drug-likeness (QED) is 0.894. The van der Waals surface area contributed by atoms with Crippen LogP contribution in [0, 0.1) is 11.7 Å². The van der Waals surface area contributed by atoms with Crippen LogP contribution in [-0.2, 0) is 16.0 Å². The molecule has 1 fully saturated rings. The lowest BCUT2D eigenvalue weighted by Crippen LogP contribution is -2.31. The average molecular weight is 343 g/mol. The number of aromatic hydroxyl groups is 1. The van der Waals surface area contributed by atoms with Crippen LogP contribution in [0.4, 0.5) is 4.39 Å². The van der Waals surface area contributed by atoms with Gasteiger partial charge < -0.3 is 15.1 Å². The van der Waals surface area contributed by atoms with Crippen molar-refractivity contribution < 1.29 is 24.2 Å². The molecule has 0 bridgehead atoms. The molecule has 0 radical (unpaired) electrons. The average Bonchev–Trinajstić information content (AvgIpc) is 3.03. The molecule has 2 aromatic carbocycles. The Morgan fingerprint density at radius 2 is 1.84 bits per heavy atom. The SMILES string of the molecule is O=C(O)[C@@H]1CN(C(=O)Cc2ccc(O)cc2)C[C@H]1c1cccc(F)c1. The molecule has 1 heterocycles. The van der Waals surface area contributed by atoms with Crippen molar-refractivity contribution in [2.24, 2.45) is 5.92 Å². The molecule has 25 heavy (non-hydrogen) atoms. The molecule has 2 N–H and O–H groups in total. The fraction of sp³-hybridized carbons (Fsp3) is 0.263. The van der Waals surface area contributed by atoms with E-state index >= 15 is 0 Å². The summed E-state index contributed by atoms with van der Waals surface area (Å²) in [4.78, 5) is 25.6. The van der Waals surface area contributed by atoms with Crippen LogP contribution in [0.1, 0.15) is 17.0 Å². The molecule has 1 aliphatic rings. The first kappa shape index (κ1) is 17.0. The second kappa shape index (κ2) is 6.93.